The first-order valence-corrected chi connectivity index (χ1v) is 7.18. The molecular formula is C15H17ClN4O2. The second-order valence-electron chi connectivity index (χ2n) is 4.53. The maximum absolute atomic E-state index is 12.2. The van der Waals surface area contributed by atoms with Gasteiger partial charge in [0.1, 0.15) is 17.8 Å². The van der Waals surface area contributed by atoms with Gasteiger partial charge in [0.15, 0.2) is 0 Å². The van der Waals surface area contributed by atoms with Crippen LogP contribution < -0.4 is 10.6 Å². The predicted molar refractivity (Wildman–Crippen MR) is 86.4 cm³/mol. The molecule has 22 heavy (non-hydrogen) atoms. The lowest BCUT2D eigenvalue weighted by atomic mass is 10.3. The molecule has 2 aromatic rings. The van der Waals surface area contributed by atoms with Gasteiger partial charge >= 0.3 is 0 Å². The van der Waals surface area contributed by atoms with Crippen molar-refractivity contribution in [1.29, 1.82) is 0 Å². The van der Waals surface area contributed by atoms with Crippen LogP contribution in [-0.2, 0) is 4.74 Å². The van der Waals surface area contributed by atoms with Crippen molar-refractivity contribution >= 4 is 29.0 Å². The summed E-state index contributed by atoms with van der Waals surface area (Å²) in [7, 11) is 1.66. The van der Waals surface area contributed by atoms with Gasteiger partial charge in [0.2, 0.25) is 0 Å². The zero-order valence-electron chi connectivity index (χ0n) is 12.2. The van der Waals surface area contributed by atoms with Crippen LogP contribution >= 0.6 is 11.6 Å². The van der Waals surface area contributed by atoms with Gasteiger partial charge in [0, 0.05) is 37.0 Å². The number of hydrogen-bond donors (Lipinski definition) is 2. The topological polar surface area (TPSA) is 76.1 Å². The van der Waals surface area contributed by atoms with Gasteiger partial charge in [-0.25, -0.2) is 9.97 Å². The Bertz CT molecular complexity index is 636. The van der Waals surface area contributed by atoms with E-state index in [-0.39, 0.29) is 11.6 Å². The molecular weight excluding hydrogens is 304 g/mol. The van der Waals surface area contributed by atoms with Gasteiger partial charge in [0.25, 0.3) is 5.91 Å². The molecule has 2 rings (SSSR count). The summed E-state index contributed by atoms with van der Waals surface area (Å²) in [6.07, 6.45) is 2.20. The minimum Gasteiger partial charge on any atom is -0.385 e. The normalized spacial score (nSPS) is 10.3. The molecule has 1 aromatic carbocycles. The first-order valence-electron chi connectivity index (χ1n) is 6.81. The monoisotopic (exact) mass is 320 g/mol. The zero-order chi connectivity index (χ0) is 15.8. The number of nitrogens with one attached hydrogen (secondary N) is 2. The van der Waals surface area contributed by atoms with Gasteiger partial charge < -0.3 is 15.4 Å². The number of halogens is 1. The number of anilines is 2. The van der Waals surface area contributed by atoms with Crippen LogP contribution in [0.4, 0.5) is 11.5 Å². The van der Waals surface area contributed by atoms with E-state index in [1.807, 2.05) is 0 Å². The molecule has 0 aliphatic rings. The second-order valence-corrected chi connectivity index (χ2v) is 4.96. The van der Waals surface area contributed by atoms with Crippen LogP contribution in [0.25, 0.3) is 0 Å². The summed E-state index contributed by atoms with van der Waals surface area (Å²) < 4.78 is 4.97. The first kappa shape index (κ1) is 16.2. The number of benzene rings is 1. The van der Waals surface area contributed by atoms with E-state index in [2.05, 4.69) is 20.6 Å². The average molecular weight is 321 g/mol. The molecule has 0 spiro atoms. The summed E-state index contributed by atoms with van der Waals surface area (Å²) in [4.78, 5) is 20.2. The fraction of sp³-hybridized carbons (Fsp3) is 0.267. The molecule has 6 nitrogen and oxygen atoms in total. The average Bonchev–Trinajstić information content (AvgIpc) is 2.52. The zero-order valence-corrected chi connectivity index (χ0v) is 12.9. The molecule has 1 amide bonds. The van der Waals surface area contributed by atoms with Crippen LogP contribution in [0, 0.1) is 0 Å². The number of ether oxygens (including phenoxy) is 1. The van der Waals surface area contributed by atoms with Crippen molar-refractivity contribution in [3.63, 3.8) is 0 Å². The Kier molecular flexibility index (Phi) is 6.12. The van der Waals surface area contributed by atoms with Crippen molar-refractivity contribution in [2.24, 2.45) is 0 Å². The molecule has 0 radical (unpaired) electrons. The van der Waals surface area contributed by atoms with Gasteiger partial charge in [-0.05, 0) is 24.6 Å². The Morgan fingerprint density at radius 2 is 2.18 bits per heavy atom. The second kappa shape index (κ2) is 8.31. The van der Waals surface area contributed by atoms with Crippen molar-refractivity contribution < 1.29 is 9.53 Å². The molecule has 0 fully saturated rings. The lowest BCUT2D eigenvalue weighted by Gasteiger charge is -2.07. The molecule has 0 aliphatic heterocycles. The molecule has 0 saturated carbocycles. The van der Waals surface area contributed by atoms with Crippen molar-refractivity contribution in [3.8, 4) is 0 Å². The van der Waals surface area contributed by atoms with Crippen molar-refractivity contribution in [1.82, 2.24) is 9.97 Å². The largest absolute Gasteiger partial charge is 0.385 e. The van der Waals surface area contributed by atoms with Crippen molar-refractivity contribution in [2.45, 2.75) is 6.42 Å². The predicted octanol–water partition coefficient (Wildman–Crippen LogP) is 2.83. The van der Waals surface area contributed by atoms with E-state index in [0.29, 0.717) is 29.7 Å². The molecule has 1 aromatic heterocycles. The Morgan fingerprint density at radius 3 is 2.95 bits per heavy atom. The standard InChI is InChI=1S/C15H17ClN4O2/c1-22-7-3-6-17-14-9-13(18-10-19-14)15(21)20-12-5-2-4-11(16)8-12/h2,4-5,8-10H,3,6-7H2,1H3,(H,20,21)(H,17,18,19). The molecule has 0 unspecified atom stereocenters. The van der Waals surface area contributed by atoms with E-state index in [9.17, 15) is 4.79 Å². The highest BCUT2D eigenvalue weighted by atomic mass is 35.5. The molecule has 1 heterocycles. The molecule has 2 N–H and O–H groups in total. The van der Waals surface area contributed by atoms with Crippen LogP contribution in [0.1, 0.15) is 16.9 Å². The van der Waals surface area contributed by atoms with Gasteiger partial charge in [0.05, 0.1) is 0 Å². The SMILES string of the molecule is COCCCNc1cc(C(=O)Nc2cccc(Cl)c2)ncn1. The van der Waals surface area contributed by atoms with Gasteiger partial charge in [-0.3, -0.25) is 4.79 Å². The van der Waals surface area contributed by atoms with Crippen LogP contribution in [0.5, 0.6) is 0 Å². The smallest absolute Gasteiger partial charge is 0.274 e. The number of amides is 1. The van der Waals surface area contributed by atoms with Crippen LogP contribution in [0.15, 0.2) is 36.7 Å². The summed E-state index contributed by atoms with van der Waals surface area (Å²) >= 11 is 5.89. The molecule has 0 aliphatic carbocycles. The third kappa shape index (κ3) is 4.98. The summed E-state index contributed by atoms with van der Waals surface area (Å²) in [5.74, 6) is 0.284. The summed E-state index contributed by atoms with van der Waals surface area (Å²) in [6, 6.07) is 8.54. The third-order valence-corrected chi connectivity index (χ3v) is 3.05. The molecule has 0 bridgehead atoms. The number of hydrogen-bond acceptors (Lipinski definition) is 5. The van der Waals surface area contributed by atoms with Crippen LogP contribution in [-0.4, -0.2) is 36.1 Å². The fourth-order valence-corrected chi connectivity index (χ4v) is 1.96. The van der Waals surface area contributed by atoms with Gasteiger partial charge in [-0.1, -0.05) is 17.7 Å². The summed E-state index contributed by atoms with van der Waals surface area (Å²) in [6.45, 7) is 1.38. The highest BCUT2D eigenvalue weighted by Gasteiger charge is 2.09. The van der Waals surface area contributed by atoms with Gasteiger partial charge in [-0.15, -0.1) is 0 Å². The van der Waals surface area contributed by atoms with Crippen molar-refractivity contribution in [2.75, 3.05) is 30.9 Å². The number of carbonyl (C=O) groups excluding carboxylic acids is 1. The number of rotatable bonds is 7. The Labute approximate surface area is 133 Å². The Hall–Kier alpha value is -2.18. The molecule has 116 valence electrons. The maximum Gasteiger partial charge on any atom is 0.274 e. The number of aromatic nitrogens is 2. The minimum absolute atomic E-state index is 0.282. The van der Waals surface area contributed by atoms with Crippen LogP contribution in [0.2, 0.25) is 5.02 Å². The van der Waals surface area contributed by atoms with E-state index < -0.39 is 0 Å². The van der Waals surface area contributed by atoms with E-state index in [1.54, 1.807) is 37.4 Å². The van der Waals surface area contributed by atoms with Crippen molar-refractivity contribution in [3.05, 3.63) is 47.4 Å². The first-order chi connectivity index (χ1) is 10.7. The quantitative estimate of drug-likeness (QED) is 0.767. The number of methoxy groups -OCH3 is 1. The molecule has 7 heteroatoms. The third-order valence-electron chi connectivity index (χ3n) is 2.81. The van der Waals surface area contributed by atoms with E-state index in [0.717, 1.165) is 6.42 Å². The van der Waals surface area contributed by atoms with Crippen LogP contribution in [0.3, 0.4) is 0 Å². The lowest BCUT2D eigenvalue weighted by Crippen LogP contribution is -2.15. The Morgan fingerprint density at radius 1 is 1.32 bits per heavy atom. The van der Waals surface area contributed by atoms with E-state index >= 15 is 0 Å². The minimum atomic E-state index is -0.315. The number of nitrogens with zero attached hydrogens (tertiary/aromatic N) is 2. The highest BCUT2D eigenvalue weighted by Crippen LogP contribution is 2.16. The Balaban J connectivity index is 1.97. The highest BCUT2D eigenvalue weighted by molar-refractivity contribution is 6.30. The molecule has 0 saturated heterocycles. The van der Waals surface area contributed by atoms with Gasteiger partial charge in [-0.2, -0.15) is 0 Å². The number of carbonyl (C=O) groups is 1. The summed E-state index contributed by atoms with van der Waals surface area (Å²) in [5.41, 5.74) is 0.898. The lowest BCUT2D eigenvalue weighted by molar-refractivity contribution is 0.102. The van der Waals surface area contributed by atoms with E-state index in [4.69, 9.17) is 16.3 Å². The molecule has 0 atom stereocenters. The summed E-state index contributed by atoms with van der Waals surface area (Å²) in [5, 5.41) is 6.41. The van der Waals surface area contributed by atoms with E-state index in [1.165, 1.54) is 6.33 Å². The fourth-order valence-electron chi connectivity index (χ4n) is 1.77. The maximum atomic E-state index is 12.2.